The normalized spacial score (nSPS) is 15.5. The first kappa shape index (κ1) is 21.8. The molecule has 0 saturated carbocycles. The average Bonchev–Trinajstić information content (AvgIpc) is 3.46. The summed E-state index contributed by atoms with van der Waals surface area (Å²) in [6.45, 7) is 4.30. The molecule has 2 heterocycles. The predicted octanol–water partition coefficient (Wildman–Crippen LogP) is 5.62. The Balaban J connectivity index is 1.32. The number of hydrazone groups is 1. The van der Waals surface area contributed by atoms with Crippen molar-refractivity contribution in [2.24, 2.45) is 5.10 Å². The summed E-state index contributed by atoms with van der Waals surface area (Å²) in [7, 11) is 0. The smallest absolute Gasteiger partial charge is 0.277 e. The number of carbonyl (C=O) groups excluding carboxylic acids is 1. The molecular weight excluding hydrogens is 426 g/mol. The molecule has 1 aromatic heterocycles. The third-order valence-electron chi connectivity index (χ3n) is 5.37. The minimum Gasteiger partial charge on any atom is -0.484 e. The molecule has 7 heteroatoms. The van der Waals surface area contributed by atoms with Gasteiger partial charge in [0.15, 0.2) is 6.61 Å². The fraction of sp³-hybridized carbons (Fsp3) is 0.333. The molecule has 1 amide bonds. The van der Waals surface area contributed by atoms with Crippen molar-refractivity contribution in [3.8, 4) is 5.75 Å². The van der Waals surface area contributed by atoms with Crippen LogP contribution in [0.25, 0.3) is 10.9 Å². The third kappa shape index (κ3) is 5.28. The van der Waals surface area contributed by atoms with Crippen LogP contribution in [0.4, 0.5) is 0 Å². The Morgan fingerprint density at radius 3 is 2.71 bits per heavy atom. The summed E-state index contributed by atoms with van der Waals surface area (Å²) in [6.07, 6.45) is 4.83. The molecular formula is C24H27N3O2S2. The SMILES string of the molecule is CC[C@@H](C)n1cc(/C=N\NC(=O)COc2ccc(C3SCCS3)cc2)c2ccccc21. The summed E-state index contributed by atoms with van der Waals surface area (Å²) in [5, 5.41) is 5.27. The standard InChI is InChI=1S/C24H27N3O2S2/c1-3-17(2)27-15-19(21-6-4-5-7-22(21)27)14-25-26-23(28)16-29-20-10-8-18(9-11-20)24-30-12-13-31-24/h4-11,14-15,17,24H,3,12-13,16H2,1-2H3,(H,26,28)/b25-14-/t17-/m1/s1. The fourth-order valence-electron chi connectivity index (χ4n) is 3.52. The van der Waals surface area contributed by atoms with Gasteiger partial charge >= 0.3 is 0 Å². The lowest BCUT2D eigenvalue weighted by Crippen LogP contribution is -2.24. The molecule has 1 atom stereocenters. The van der Waals surface area contributed by atoms with E-state index in [1.807, 2.05) is 47.8 Å². The van der Waals surface area contributed by atoms with Crippen molar-refractivity contribution in [1.82, 2.24) is 9.99 Å². The highest BCUT2D eigenvalue weighted by Gasteiger charge is 2.18. The summed E-state index contributed by atoms with van der Waals surface area (Å²) in [6, 6.07) is 16.6. The molecule has 1 saturated heterocycles. The lowest BCUT2D eigenvalue weighted by atomic mass is 10.2. The maximum absolute atomic E-state index is 12.1. The highest BCUT2D eigenvalue weighted by atomic mass is 32.2. The number of aromatic nitrogens is 1. The van der Waals surface area contributed by atoms with Crippen LogP contribution in [0.5, 0.6) is 5.75 Å². The van der Waals surface area contributed by atoms with Crippen LogP contribution in [-0.2, 0) is 4.79 Å². The van der Waals surface area contributed by atoms with Gasteiger partial charge in [-0.05, 0) is 37.1 Å². The number of nitrogens with one attached hydrogen (secondary N) is 1. The van der Waals surface area contributed by atoms with Gasteiger partial charge in [0.1, 0.15) is 5.75 Å². The predicted molar refractivity (Wildman–Crippen MR) is 132 cm³/mol. The van der Waals surface area contributed by atoms with Crippen LogP contribution in [0.1, 0.15) is 42.0 Å². The summed E-state index contributed by atoms with van der Waals surface area (Å²) in [5.74, 6) is 2.80. The topological polar surface area (TPSA) is 55.6 Å². The summed E-state index contributed by atoms with van der Waals surface area (Å²) in [4.78, 5) is 12.1. The number of hydrogen-bond donors (Lipinski definition) is 1. The third-order valence-corrected chi connectivity index (χ3v) is 8.48. The molecule has 1 aliphatic rings. The van der Waals surface area contributed by atoms with Gasteiger partial charge in [-0.3, -0.25) is 4.79 Å². The number of para-hydroxylation sites is 1. The van der Waals surface area contributed by atoms with Crippen molar-refractivity contribution in [2.75, 3.05) is 18.1 Å². The summed E-state index contributed by atoms with van der Waals surface area (Å²) < 4.78 is 8.37. The molecule has 3 aromatic rings. The van der Waals surface area contributed by atoms with Gasteiger partial charge in [-0.15, -0.1) is 23.5 Å². The molecule has 162 valence electrons. The molecule has 0 bridgehead atoms. The summed E-state index contributed by atoms with van der Waals surface area (Å²) >= 11 is 3.94. The number of rotatable bonds is 8. The number of nitrogens with zero attached hydrogens (tertiary/aromatic N) is 2. The van der Waals surface area contributed by atoms with Gasteiger partial charge in [-0.1, -0.05) is 37.3 Å². The molecule has 1 fully saturated rings. The molecule has 5 nitrogen and oxygen atoms in total. The van der Waals surface area contributed by atoms with E-state index in [1.54, 1.807) is 6.21 Å². The van der Waals surface area contributed by atoms with Crippen molar-refractivity contribution < 1.29 is 9.53 Å². The van der Waals surface area contributed by atoms with Gasteiger partial charge in [0.25, 0.3) is 5.91 Å². The lowest BCUT2D eigenvalue weighted by molar-refractivity contribution is -0.123. The van der Waals surface area contributed by atoms with Crippen molar-refractivity contribution in [1.29, 1.82) is 0 Å². The first-order valence-electron chi connectivity index (χ1n) is 10.5. The number of carbonyl (C=O) groups is 1. The van der Waals surface area contributed by atoms with Gasteiger partial charge in [0, 0.05) is 40.2 Å². The van der Waals surface area contributed by atoms with Crippen LogP contribution in [0.2, 0.25) is 0 Å². The molecule has 4 rings (SSSR count). The van der Waals surface area contributed by atoms with Crippen LogP contribution in [0.3, 0.4) is 0 Å². The van der Waals surface area contributed by atoms with Gasteiger partial charge in [-0.2, -0.15) is 5.10 Å². The lowest BCUT2D eigenvalue weighted by Gasteiger charge is -2.12. The van der Waals surface area contributed by atoms with E-state index >= 15 is 0 Å². The first-order valence-corrected chi connectivity index (χ1v) is 12.6. The van der Waals surface area contributed by atoms with Gasteiger partial charge in [0.05, 0.1) is 10.8 Å². The van der Waals surface area contributed by atoms with E-state index < -0.39 is 0 Å². The first-order chi connectivity index (χ1) is 15.2. The molecule has 1 aliphatic heterocycles. The molecule has 0 spiro atoms. The van der Waals surface area contributed by atoms with Crippen molar-refractivity contribution in [2.45, 2.75) is 30.9 Å². The van der Waals surface area contributed by atoms with E-state index in [1.165, 1.54) is 22.6 Å². The Hall–Kier alpha value is -2.38. The van der Waals surface area contributed by atoms with Crippen LogP contribution in [0.15, 0.2) is 59.8 Å². The Kier molecular flexibility index (Phi) is 7.25. The summed E-state index contributed by atoms with van der Waals surface area (Å²) in [5.41, 5.74) is 6.01. The van der Waals surface area contributed by atoms with Crippen molar-refractivity contribution in [3.05, 3.63) is 65.9 Å². The Bertz CT molecular complexity index is 1060. The fourth-order valence-corrected chi connectivity index (χ4v) is 6.38. The zero-order chi connectivity index (χ0) is 21.6. The molecule has 0 aliphatic carbocycles. The van der Waals surface area contributed by atoms with Gasteiger partial charge < -0.3 is 9.30 Å². The van der Waals surface area contributed by atoms with E-state index in [0.29, 0.717) is 16.4 Å². The maximum Gasteiger partial charge on any atom is 0.277 e. The zero-order valence-corrected chi connectivity index (χ0v) is 19.4. The Morgan fingerprint density at radius 2 is 1.97 bits per heavy atom. The molecule has 1 N–H and O–H groups in total. The maximum atomic E-state index is 12.1. The van der Waals surface area contributed by atoms with Crippen molar-refractivity contribution >= 4 is 46.5 Å². The van der Waals surface area contributed by atoms with E-state index in [-0.39, 0.29) is 12.5 Å². The number of hydrogen-bond acceptors (Lipinski definition) is 5. The number of amides is 1. The van der Waals surface area contributed by atoms with Gasteiger partial charge in [-0.25, -0.2) is 5.43 Å². The Morgan fingerprint density at radius 1 is 1.23 bits per heavy atom. The van der Waals surface area contributed by atoms with Gasteiger partial charge in [0.2, 0.25) is 0 Å². The second kappa shape index (κ2) is 10.3. The van der Waals surface area contributed by atoms with Crippen LogP contribution in [-0.4, -0.2) is 34.8 Å². The minimum atomic E-state index is -0.284. The highest BCUT2D eigenvalue weighted by molar-refractivity contribution is 8.19. The van der Waals surface area contributed by atoms with E-state index in [4.69, 9.17) is 4.74 Å². The van der Waals surface area contributed by atoms with Crippen molar-refractivity contribution in [3.63, 3.8) is 0 Å². The second-order valence-corrected chi connectivity index (χ2v) is 10.2. The minimum absolute atomic E-state index is 0.0712. The monoisotopic (exact) mass is 453 g/mol. The zero-order valence-electron chi connectivity index (χ0n) is 17.8. The van der Waals surface area contributed by atoms with Crippen LogP contribution < -0.4 is 10.2 Å². The molecule has 0 radical (unpaired) electrons. The van der Waals surface area contributed by atoms with E-state index in [9.17, 15) is 4.79 Å². The molecule has 31 heavy (non-hydrogen) atoms. The number of thioether (sulfide) groups is 2. The number of fused-ring (bicyclic) bond motifs is 1. The average molecular weight is 454 g/mol. The second-order valence-electron chi connectivity index (χ2n) is 7.49. The Labute approximate surface area is 191 Å². The van der Waals surface area contributed by atoms with E-state index in [0.717, 1.165) is 17.4 Å². The van der Waals surface area contributed by atoms with E-state index in [2.05, 4.69) is 59.4 Å². The number of ether oxygens (including phenoxy) is 1. The van der Waals surface area contributed by atoms with Crippen LogP contribution >= 0.6 is 23.5 Å². The number of benzene rings is 2. The quantitative estimate of drug-likeness (QED) is 0.355. The molecule has 2 aromatic carbocycles. The highest BCUT2D eigenvalue weighted by Crippen LogP contribution is 2.45. The van der Waals surface area contributed by atoms with Crippen LogP contribution in [0, 0.1) is 0 Å². The largest absolute Gasteiger partial charge is 0.484 e. The molecule has 0 unspecified atom stereocenters.